The second-order valence-corrected chi connectivity index (χ2v) is 9.96. The number of benzene rings is 1. The number of fused-ring (bicyclic) bond motifs is 1. The lowest BCUT2D eigenvalue weighted by Crippen LogP contribution is -2.56. The van der Waals surface area contributed by atoms with Crippen LogP contribution in [0, 0.1) is 0 Å². The third kappa shape index (κ3) is 4.81. The lowest BCUT2D eigenvalue weighted by atomic mass is 9.67. The van der Waals surface area contributed by atoms with Crippen LogP contribution in [0.1, 0.15) is 77.7 Å². The molecular weight excluding hydrogens is 414 g/mol. The second kappa shape index (κ2) is 10.3. The first-order valence-corrected chi connectivity index (χ1v) is 12.7. The molecule has 2 fully saturated rings. The third-order valence-electron chi connectivity index (χ3n) is 7.42. The van der Waals surface area contributed by atoms with Crippen LogP contribution >= 0.6 is 0 Å². The van der Waals surface area contributed by atoms with Gasteiger partial charge in [0.15, 0.2) is 11.5 Å². The minimum atomic E-state index is -1.13. The van der Waals surface area contributed by atoms with Gasteiger partial charge in [0.1, 0.15) is 5.84 Å². The Balaban J connectivity index is 1.69. The van der Waals surface area contributed by atoms with Crippen molar-refractivity contribution in [2.24, 2.45) is 4.99 Å². The predicted molar refractivity (Wildman–Crippen MR) is 131 cm³/mol. The van der Waals surface area contributed by atoms with Crippen molar-refractivity contribution in [2.75, 3.05) is 19.7 Å². The third-order valence-corrected chi connectivity index (χ3v) is 7.42. The van der Waals surface area contributed by atoms with Crippen molar-refractivity contribution in [1.29, 1.82) is 0 Å². The topological polar surface area (TPSA) is 65.4 Å². The highest BCUT2D eigenvalue weighted by atomic mass is 16.5. The maximum absolute atomic E-state index is 13.6. The highest BCUT2D eigenvalue weighted by molar-refractivity contribution is 6.01. The molecule has 1 aromatic rings. The van der Waals surface area contributed by atoms with Gasteiger partial charge in [-0.25, -0.2) is 4.99 Å². The number of nitrogens with zero attached hydrogens (tertiary/aromatic N) is 3. The highest BCUT2D eigenvalue weighted by Crippen LogP contribution is 2.44. The number of piperazine rings is 1. The summed E-state index contributed by atoms with van der Waals surface area (Å²) in [7, 11) is 0. The van der Waals surface area contributed by atoms with E-state index in [1.54, 1.807) is 0 Å². The first-order valence-electron chi connectivity index (χ1n) is 12.7. The molecule has 1 aromatic carbocycles. The fourth-order valence-corrected chi connectivity index (χ4v) is 5.55. The van der Waals surface area contributed by atoms with Crippen molar-refractivity contribution in [3.63, 3.8) is 0 Å². The van der Waals surface area contributed by atoms with Crippen LogP contribution in [-0.4, -0.2) is 58.6 Å². The summed E-state index contributed by atoms with van der Waals surface area (Å²) < 4.78 is 5.99. The molecule has 1 N–H and O–H groups in total. The van der Waals surface area contributed by atoms with Gasteiger partial charge in [0.25, 0.3) is 5.91 Å². The zero-order valence-corrected chi connectivity index (χ0v) is 20.4. The number of hydrogen-bond donors (Lipinski definition) is 1. The Bertz CT molecular complexity index is 887. The van der Waals surface area contributed by atoms with Gasteiger partial charge in [-0.15, -0.1) is 0 Å². The molecule has 0 spiro atoms. The fourth-order valence-electron chi connectivity index (χ4n) is 5.55. The molecular formula is C27H39N3O3. The molecule has 4 rings (SSSR count). The van der Waals surface area contributed by atoms with Crippen molar-refractivity contribution in [3.8, 4) is 0 Å². The lowest BCUT2D eigenvalue weighted by Gasteiger charge is -2.45. The van der Waals surface area contributed by atoms with Crippen LogP contribution in [0.2, 0.25) is 0 Å². The molecule has 180 valence electrons. The van der Waals surface area contributed by atoms with Crippen LogP contribution in [0.5, 0.6) is 0 Å². The number of amides is 1. The van der Waals surface area contributed by atoms with Crippen molar-refractivity contribution in [3.05, 3.63) is 47.4 Å². The SMILES string of the molecule is CCCCOC1=C2C(=O)N(C(C)C)CCN2C(CC2(c3ccccc3)CCCCC2)=NC1O. The van der Waals surface area contributed by atoms with E-state index in [1.165, 1.54) is 24.8 Å². The van der Waals surface area contributed by atoms with E-state index in [2.05, 4.69) is 42.2 Å². The van der Waals surface area contributed by atoms with Crippen molar-refractivity contribution in [2.45, 2.75) is 89.8 Å². The van der Waals surface area contributed by atoms with Gasteiger partial charge < -0.3 is 19.6 Å². The van der Waals surface area contributed by atoms with Crippen LogP contribution < -0.4 is 0 Å². The number of aliphatic hydroxyl groups is 1. The highest BCUT2D eigenvalue weighted by Gasteiger charge is 2.44. The van der Waals surface area contributed by atoms with Crippen LogP contribution in [0.4, 0.5) is 0 Å². The zero-order valence-electron chi connectivity index (χ0n) is 20.4. The summed E-state index contributed by atoms with van der Waals surface area (Å²) in [5.41, 5.74) is 1.81. The van der Waals surface area contributed by atoms with E-state index in [0.29, 0.717) is 31.2 Å². The number of rotatable bonds is 8. The average Bonchev–Trinajstić information content (AvgIpc) is 2.82. The standard InChI is InChI=1S/C27H39N3O3/c1-4-5-18-33-24-23-26(32)29(20(2)3)16-17-30(23)22(28-25(24)31)19-27(14-10-7-11-15-27)21-12-8-6-9-13-21/h6,8-9,12-13,20,25,31H,4-5,7,10-11,14-19H2,1-3H3. The number of hydrogen-bond acceptors (Lipinski definition) is 5. The maximum Gasteiger partial charge on any atom is 0.274 e. The van der Waals surface area contributed by atoms with Crippen LogP contribution in [-0.2, 0) is 14.9 Å². The van der Waals surface area contributed by atoms with Crippen LogP contribution in [0.25, 0.3) is 0 Å². The van der Waals surface area contributed by atoms with Gasteiger partial charge in [0.05, 0.1) is 6.61 Å². The van der Waals surface area contributed by atoms with Gasteiger partial charge in [-0.2, -0.15) is 0 Å². The Kier molecular flexibility index (Phi) is 7.42. The number of aliphatic hydroxyl groups excluding tert-OH is 1. The number of carbonyl (C=O) groups is 1. The molecule has 2 heterocycles. The molecule has 3 aliphatic rings. The minimum Gasteiger partial charge on any atom is -0.491 e. The Morgan fingerprint density at radius 3 is 2.55 bits per heavy atom. The van der Waals surface area contributed by atoms with E-state index in [9.17, 15) is 9.90 Å². The second-order valence-electron chi connectivity index (χ2n) is 9.96. The number of unbranched alkanes of at least 4 members (excludes halogenated alkanes) is 1. The molecule has 0 aromatic heterocycles. The van der Waals surface area contributed by atoms with E-state index in [1.807, 2.05) is 18.7 Å². The normalized spacial score (nSPS) is 23.0. The molecule has 1 unspecified atom stereocenters. The average molecular weight is 454 g/mol. The van der Waals surface area contributed by atoms with E-state index in [0.717, 1.165) is 37.9 Å². The maximum atomic E-state index is 13.6. The molecule has 1 saturated carbocycles. The van der Waals surface area contributed by atoms with Gasteiger partial charge in [-0.3, -0.25) is 4.79 Å². The summed E-state index contributed by atoms with van der Waals surface area (Å²) >= 11 is 0. The summed E-state index contributed by atoms with van der Waals surface area (Å²) in [6, 6.07) is 10.8. The molecule has 6 heteroatoms. The molecule has 1 saturated heterocycles. The number of aliphatic imine (C=N–C) groups is 1. The van der Waals surface area contributed by atoms with Crippen molar-refractivity contribution in [1.82, 2.24) is 9.80 Å². The zero-order chi connectivity index (χ0) is 23.4. The molecule has 6 nitrogen and oxygen atoms in total. The molecule has 0 radical (unpaired) electrons. The summed E-state index contributed by atoms with van der Waals surface area (Å²) in [6.07, 6.45) is 7.32. The smallest absolute Gasteiger partial charge is 0.274 e. The molecule has 1 aliphatic carbocycles. The van der Waals surface area contributed by atoms with Gasteiger partial charge in [0, 0.05) is 31.0 Å². The van der Waals surface area contributed by atoms with Gasteiger partial charge in [0.2, 0.25) is 6.23 Å². The Labute approximate surface area is 198 Å². The van der Waals surface area contributed by atoms with Gasteiger partial charge in [-0.1, -0.05) is 62.9 Å². The summed E-state index contributed by atoms with van der Waals surface area (Å²) in [6.45, 7) is 7.97. The molecule has 2 aliphatic heterocycles. The lowest BCUT2D eigenvalue weighted by molar-refractivity contribution is -0.133. The van der Waals surface area contributed by atoms with E-state index in [4.69, 9.17) is 9.73 Å². The molecule has 0 bridgehead atoms. The Hall–Kier alpha value is -2.34. The Morgan fingerprint density at radius 2 is 1.88 bits per heavy atom. The van der Waals surface area contributed by atoms with Gasteiger partial charge in [-0.05, 0) is 38.7 Å². The fraction of sp³-hybridized carbons (Fsp3) is 0.630. The first-order chi connectivity index (χ1) is 16.0. The monoisotopic (exact) mass is 453 g/mol. The predicted octanol–water partition coefficient (Wildman–Crippen LogP) is 4.59. The molecule has 33 heavy (non-hydrogen) atoms. The summed E-state index contributed by atoms with van der Waals surface area (Å²) in [5, 5.41) is 11.0. The van der Waals surface area contributed by atoms with E-state index >= 15 is 0 Å². The number of ether oxygens (including phenoxy) is 1. The largest absolute Gasteiger partial charge is 0.491 e. The summed E-state index contributed by atoms with van der Waals surface area (Å²) in [4.78, 5) is 22.2. The molecule has 1 amide bonds. The van der Waals surface area contributed by atoms with E-state index < -0.39 is 6.23 Å². The Morgan fingerprint density at radius 1 is 1.15 bits per heavy atom. The minimum absolute atomic E-state index is 0.0119. The van der Waals surface area contributed by atoms with Crippen LogP contribution in [0.15, 0.2) is 46.8 Å². The van der Waals surface area contributed by atoms with Crippen LogP contribution in [0.3, 0.4) is 0 Å². The summed E-state index contributed by atoms with van der Waals surface area (Å²) in [5.74, 6) is 1.08. The molecule has 1 atom stereocenters. The quantitative estimate of drug-likeness (QED) is 0.585. The number of carbonyl (C=O) groups excluding carboxylic acids is 1. The first kappa shape index (κ1) is 23.8. The number of amidine groups is 1. The van der Waals surface area contributed by atoms with Crippen molar-refractivity contribution < 1.29 is 14.6 Å². The van der Waals surface area contributed by atoms with Crippen molar-refractivity contribution >= 4 is 11.7 Å². The van der Waals surface area contributed by atoms with E-state index in [-0.39, 0.29) is 17.4 Å². The van der Waals surface area contributed by atoms with Gasteiger partial charge >= 0.3 is 0 Å².